The van der Waals surface area contributed by atoms with Crippen molar-refractivity contribution in [2.24, 2.45) is 11.8 Å². The van der Waals surface area contributed by atoms with Crippen LogP contribution in [0.2, 0.25) is 3.63 Å². The molecule has 24 heavy (non-hydrogen) atoms. The van der Waals surface area contributed by atoms with Crippen LogP contribution in [-0.4, -0.2) is 0 Å². The van der Waals surface area contributed by atoms with Gasteiger partial charge in [0.25, 0.3) is 0 Å². The molecule has 2 rings (SSSR count). The molecule has 0 amide bonds. The molecule has 3 heteroatoms. The molecule has 0 aromatic heterocycles. The van der Waals surface area contributed by atoms with Crippen LogP contribution in [0.3, 0.4) is 0 Å². The summed E-state index contributed by atoms with van der Waals surface area (Å²) < 4.78 is 4.62. The van der Waals surface area contributed by atoms with Crippen molar-refractivity contribution in [1.29, 1.82) is 0 Å². The first kappa shape index (κ1) is 24.4. The second-order valence-corrected chi connectivity index (χ2v) is 15.2. The quantitative estimate of drug-likeness (QED) is 0.412. The molecule has 2 aliphatic rings. The first-order valence-electron chi connectivity index (χ1n) is 8.75. The van der Waals surface area contributed by atoms with Crippen LogP contribution in [0.25, 0.3) is 0 Å². The van der Waals surface area contributed by atoms with E-state index in [2.05, 4.69) is 69.2 Å². The standard InChI is InChI=1S/2C9H13.C3H7.2ClH.Zr/c2*1-6-5-7(2)9(4)8(6)3;1-3-2;;;/h2*6H,1-4H3;3H,1-2H3;2*1H;. The molecule has 2 unspecified atom stereocenters. The molecule has 0 heterocycles. The number of hydrogen-bond donors (Lipinski definition) is 0. The van der Waals surface area contributed by atoms with E-state index in [1.807, 2.05) is 6.56 Å². The molecule has 0 fully saturated rings. The number of allylic oxidation sites excluding steroid dienone is 8. The van der Waals surface area contributed by atoms with E-state index in [-0.39, 0.29) is 24.8 Å². The van der Waals surface area contributed by atoms with E-state index in [1.54, 1.807) is 33.4 Å². The summed E-state index contributed by atoms with van der Waals surface area (Å²) in [5, 5.41) is 0. The SMILES string of the molecule is CC1=C(C)C(C)[C]([Zr]([C]2=C(C)C(C)=C(C)C2C)[CH](C)C)=C1C.Cl.Cl. The van der Waals surface area contributed by atoms with E-state index in [0.29, 0.717) is 11.8 Å². The third-order valence-corrected chi connectivity index (χ3v) is 16.1. The molecule has 137 valence electrons. The summed E-state index contributed by atoms with van der Waals surface area (Å²) in [5.74, 6) is 1.37. The normalized spacial score (nSPS) is 24.1. The van der Waals surface area contributed by atoms with Gasteiger partial charge in [0.2, 0.25) is 0 Å². The van der Waals surface area contributed by atoms with Gasteiger partial charge in [0.15, 0.2) is 0 Å². The van der Waals surface area contributed by atoms with Crippen molar-refractivity contribution in [2.45, 2.75) is 72.9 Å². The molecule has 2 aliphatic carbocycles. The summed E-state index contributed by atoms with van der Waals surface area (Å²) in [5.41, 5.74) is 9.68. The van der Waals surface area contributed by atoms with Crippen molar-refractivity contribution in [2.75, 3.05) is 0 Å². The number of rotatable bonds is 3. The predicted octanol–water partition coefficient (Wildman–Crippen LogP) is 7.80. The van der Waals surface area contributed by atoms with Gasteiger partial charge in [0, 0.05) is 0 Å². The average molecular weight is 450 g/mol. The van der Waals surface area contributed by atoms with Gasteiger partial charge in [-0.05, 0) is 0 Å². The second-order valence-electron chi connectivity index (χ2n) is 7.71. The van der Waals surface area contributed by atoms with Gasteiger partial charge in [-0.1, -0.05) is 0 Å². The Bertz CT molecular complexity index is 580. The van der Waals surface area contributed by atoms with E-state index in [1.165, 1.54) is 0 Å². The molecule has 0 spiro atoms. The van der Waals surface area contributed by atoms with Crippen LogP contribution >= 0.6 is 24.8 Å². The fourth-order valence-electron chi connectivity index (χ4n) is 4.37. The molecule has 0 saturated carbocycles. The Labute approximate surface area is 170 Å². The largest absolute Gasteiger partial charge is 0.147 e. The zero-order valence-corrected chi connectivity index (χ0v) is 21.1. The van der Waals surface area contributed by atoms with Gasteiger partial charge in [-0.25, -0.2) is 0 Å². The van der Waals surface area contributed by atoms with Crippen LogP contribution in [0.1, 0.15) is 69.2 Å². The molecule has 0 nitrogen and oxygen atoms in total. The Morgan fingerprint density at radius 1 is 0.625 bits per heavy atom. The summed E-state index contributed by atoms with van der Waals surface area (Å²) >= 11 is -1.83. The topological polar surface area (TPSA) is 0 Å². The van der Waals surface area contributed by atoms with E-state index >= 15 is 0 Å². The third kappa shape index (κ3) is 3.74. The minimum atomic E-state index is -1.83. The van der Waals surface area contributed by atoms with Gasteiger partial charge < -0.3 is 0 Å². The molecule has 0 radical (unpaired) electrons. The van der Waals surface area contributed by atoms with Crippen LogP contribution in [0.5, 0.6) is 0 Å². The van der Waals surface area contributed by atoms with Crippen molar-refractivity contribution in [3.8, 4) is 0 Å². The van der Waals surface area contributed by atoms with Gasteiger partial charge in [-0.15, -0.1) is 24.8 Å². The van der Waals surface area contributed by atoms with Crippen LogP contribution in [0.15, 0.2) is 40.0 Å². The average Bonchev–Trinajstić information content (AvgIpc) is 2.76. The van der Waals surface area contributed by atoms with Crippen LogP contribution in [0.4, 0.5) is 0 Å². The Morgan fingerprint density at radius 2 is 0.917 bits per heavy atom. The minimum Gasteiger partial charge on any atom is -0.147 e. The maximum absolute atomic E-state index is 2.49. The summed E-state index contributed by atoms with van der Waals surface area (Å²) in [7, 11) is 0. The summed E-state index contributed by atoms with van der Waals surface area (Å²) in [4.78, 5) is 0. The monoisotopic (exact) mass is 447 g/mol. The van der Waals surface area contributed by atoms with Crippen molar-refractivity contribution >= 4 is 24.8 Å². The van der Waals surface area contributed by atoms with Crippen molar-refractivity contribution in [3.05, 3.63) is 40.0 Å². The van der Waals surface area contributed by atoms with E-state index in [4.69, 9.17) is 0 Å². The molecule has 0 bridgehead atoms. The minimum absolute atomic E-state index is 0. The van der Waals surface area contributed by atoms with Gasteiger partial charge in [-0.2, -0.15) is 0 Å². The van der Waals surface area contributed by atoms with Crippen molar-refractivity contribution in [3.63, 3.8) is 0 Å². The molecule has 0 aromatic rings. The summed E-state index contributed by atoms with van der Waals surface area (Å²) in [6.07, 6.45) is 0. The molecular formula is C21H35Cl2Zr. The Kier molecular flexibility index (Phi) is 9.03. The van der Waals surface area contributed by atoms with Crippen LogP contribution in [-0.2, 0) is 21.8 Å². The van der Waals surface area contributed by atoms with E-state index in [9.17, 15) is 0 Å². The molecule has 0 saturated heterocycles. The molecular weight excluding hydrogens is 414 g/mol. The number of hydrogen-bond acceptors (Lipinski definition) is 0. The molecule has 2 atom stereocenters. The van der Waals surface area contributed by atoms with Gasteiger partial charge >= 0.3 is 146 Å². The van der Waals surface area contributed by atoms with Crippen LogP contribution in [0, 0.1) is 11.8 Å². The fraction of sp³-hybridized carbons (Fsp3) is 0.619. The van der Waals surface area contributed by atoms with E-state index < -0.39 is 21.8 Å². The Morgan fingerprint density at radius 3 is 1.08 bits per heavy atom. The Balaban J connectivity index is 0.00000264. The van der Waals surface area contributed by atoms with E-state index in [0.717, 1.165) is 3.63 Å². The summed E-state index contributed by atoms with van der Waals surface area (Å²) in [6, 6.07) is 0. The number of halogens is 2. The smallest absolute Gasteiger partial charge is 0.147 e. The molecule has 0 N–H and O–H groups in total. The maximum Gasteiger partial charge on any atom is -0.147 e. The zero-order valence-electron chi connectivity index (χ0n) is 17.0. The Hall–Kier alpha value is 0.423. The van der Waals surface area contributed by atoms with Crippen LogP contribution < -0.4 is 0 Å². The van der Waals surface area contributed by atoms with Gasteiger partial charge in [0.05, 0.1) is 0 Å². The van der Waals surface area contributed by atoms with Gasteiger partial charge in [-0.3, -0.25) is 0 Å². The summed E-state index contributed by atoms with van der Waals surface area (Å²) in [6.45, 7) is 24.0. The van der Waals surface area contributed by atoms with Gasteiger partial charge in [0.1, 0.15) is 0 Å². The zero-order chi connectivity index (χ0) is 16.9. The maximum atomic E-state index is 2.49. The first-order chi connectivity index (χ1) is 10.1. The first-order valence-corrected chi connectivity index (χ1v) is 12.6. The third-order valence-electron chi connectivity index (χ3n) is 6.44. The molecule has 0 aromatic carbocycles. The fourth-order valence-corrected chi connectivity index (χ4v) is 14.4. The van der Waals surface area contributed by atoms with Crippen molar-refractivity contribution < 1.29 is 21.8 Å². The second kappa shape index (κ2) is 8.88. The predicted molar refractivity (Wildman–Crippen MR) is 110 cm³/mol. The van der Waals surface area contributed by atoms with Crippen molar-refractivity contribution in [1.82, 2.24) is 0 Å². The molecule has 0 aliphatic heterocycles.